The number of piperazine rings is 1. The van der Waals surface area contributed by atoms with Gasteiger partial charge >= 0.3 is 0 Å². The number of ketones is 1. The van der Waals surface area contributed by atoms with Gasteiger partial charge in [-0.2, -0.15) is 0 Å². The highest BCUT2D eigenvalue weighted by Crippen LogP contribution is 2.32. The fourth-order valence-corrected chi connectivity index (χ4v) is 2.63. The summed E-state index contributed by atoms with van der Waals surface area (Å²) in [4.78, 5) is 16.6. The molecule has 0 bridgehead atoms. The highest BCUT2D eigenvalue weighted by molar-refractivity contribution is 5.93. The number of halogens is 1. The van der Waals surface area contributed by atoms with Gasteiger partial charge in [0, 0.05) is 39.1 Å². The molecule has 0 saturated carbocycles. The lowest BCUT2D eigenvalue weighted by Crippen LogP contribution is -2.44. The fourth-order valence-electron chi connectivity index (χ4n) is 2.63. The zero-order valence-corrected chi connectivity index (χ0v) is 14.2. The maximum Gasteiger partial charge on any atom is 0.231 e. The van der Waals surface area contributed by atoms with Crippen molar-refractivity contribution in [2.45, 2.75) is 6.42 Å². The predicted molar refractivity (Wildman–Crippen MR) is 92.4 cm³/mol. The van der Waals surface area contributed by atoms with Crippen LogP contribution in [0.15, 0.2) is 24.3 Å². The van der Waals surface area contributed by atoms with E-state index in [4.69, 9.17) is 9.47 Å². The molecule has 2 aliphatic heterocycles. The second kappa shape index (κ2) is 8.34. The second-order valence-electron chi connectivity index (χ2n) is 5.81. The molecule has 0 amide bonds. The third kappa shape index (κ3) is 4.96. The molecule has 5 nitrogen and oxygen atoms in total. The Morgan fingerprint density at radius 1 is 1.17 bits per heavy atom. The van der Waals surface area contributed by atoms with Crippen molar-refractivity contribution in [2.24, 2.45) is 0 Å². The monoisotopic (exact) mass is 338 g/mol. The predicted octanol–water partition coefficient (Wildman–Crippen LogP) is 2.06. The number of hydrogen-bond donors (Lipinski definition) is 0. The summed E-state index contributed by atoms with van der Waals surface area (Å²) >= 11 is 0. The van der Waals surface area contributed by atoms with E-state index in [-0.39, 0.29) is 25.0 Å². The minimum absolute atomic E-state index is 0. The van der Waals surface area contributed by atoms with Crippen molar-refractivity contribution in [1.82, 2.24) is 9.80 Å². The van der Waals surface area contributed by atoms with Crippen molar-refractivity contribution in [3.8, 4) is 11.5 Å². The lowest BCUT2D eigenvalue weighted by Gasteiger charge is -2.32. The van der Waals surface area contributed by atoms with Gasteiger partial charge in [0.05, 0.1) is 0 Å². The van der Waals surface area contributed by atoms with Gasteiger partial charge in [-0.05, 0) is 30.8 Å². The van der Waals surface area contributed by atoms with Crippen LogP contribution in [-0.4, -0.2) is 62.1 Å². The summed E-state index contributed by atoms with van der Waals surface area (Å²) in [5.74, 6) is 1.67. The first-order valence-electron chi connectivity index (χ1n) is 7.72. The van der Waals surface area contributed by atoms with Crippen molar-refractivity contribution in [3.63, 3.8) is 0 Å². The number of allylic oxidation sites excluding steroid dienone is 1. The first-order chi connectivity index (χ1) is 10.7. The average molecular weight is 339 g/mol. The zero-order chi connectivity index (χ0) is 15.4. The summed E-state index contributed by atoms with van der Waals surface area (Å²) in [6.07, 6.45) is 4.08. The standard InChI is InChI=1S/C17H22N2O3.ClH/c1-18-8-10-19(11-9-18)7-6-15(20)4-2-14-3-5-16-17(12-14)22-13-21-16;/h2-5,12H,6-11,13H2,1H3;1H. The largest absolute Gasteiger partial charge is 0.454 e. The molecule has 1 fully saturated rings. The van der Waals surface area contributed by atoms with Crippen LogP contribution in [0.3, 0.4) is 0 Å². The number of hydrogen-bond acceptors (Lipinski definition) is 5. The molecule has 0 aromatic heterocycles. The molecule has 0 aliphatic carbocycles. The van der Waals surface area contributed by atoms with E-state index in [0.29, 0.717) is 6.42 Å². The highest BCUT2D eigenvalue weighted by atomic mass is 35.5. The van der Waals surface area contributed by atoms with Gasteiger partial charge in [-0.25, -0.2) is 0 Å². The number of fused-ring (bicyclic) bond motifs is 1. The quantitative estimate of drug-likeness (QED) is 0.769. The van der Waals surface area contributed by atoms with Crippen LogP contribution in [0.2, 0.25) is 0 Å². The van der Waals surface area contributed by atoms with Gasteiger partial charge in [0.1, 0.15) is 0 Å². The minimum Gasteiger partial charge on any atom is -0.454 e. The van der Waals surface area contributed by atoms with E-state index in [0.717, 1.165) is 49.8 Å². The topological polar surface area (TPSA) is 42.0 Å². The average Bonchev–Trinajstić information content (AvgIpc) is 3.00. The van der Waals surface area contributed by atoms with Crippen LogP contribution in [0.25, 0.3) is 6.08 Å². The van der Waals surface area contributed by atoms with Crippen LogP contribution >= 0.6 is 12.4 Å². The van der Waals surface area contributed by atoms with E-state index in [9.17, 15) is 4.79 Å². The number of carbonyl (C=O) groups excluding carboxylic acids is 1. The number of nitrogens with zero attached hydrogens (tertiary/aromatic N) is 2. The molecule has 0 atom stereocenters. The molecule has 23 heavy (non-hydrogen) atoms. The third-order valence-corrected chi connectivity index (χ3v) is 4.13. The molecule has 126 valence electrons. The smallest absolute Gasteiger partial charge is 0.231 e. The highest BCUT2D eigenvalue weighted by Gasteiger charge is 2.14. The summed E-state index contributed by atoms with van der Waals surface area (Å²) in [5, 5.41) is 0. The molecule has 6 heteroatoms. The van der Waals surface area contributed by atoms with E-state index < -0.39 is 0 Å². The molecule has 0 radical (unpaired) electrons. The van der Waals surface area contributed by atoms with Crippen molar-refractivity contribution in [1.29, 1.82) is 0 Å². The molecule has 1 aromatic rings. The number of carbonyl (C=O) groups is 1. The molecule has 1 aromatic carbocycles. The summed E-state index contributed by atoms with van der Waals surface area (Å²) in [6.45, 7) is 5.39. The summed E-state index contributed by atoms with van der Waals surface area (Å²) in [6, 6.07) is 5.70. The first-order valence-corrected chi connectivity index (χ1v) is 7.72. The van der Waals surface area contributed by atoms with E-state index in [2.05, 4.69) is 16.8 Å². The molecule has 2 aliphatic rings. The van der Waals surface area contributed by atoms with Crippen molar-refractivity contribution < 1.29 is 14.3 Å². The Labute approximate surface area is 143 Å². The molecule has 1 saturated heterocycles. The third-order valence-electron chi connectivity index (χ3n) is 4.13. The van der Waals surface area contributed by atoms with Crippen LogP contribution in [0.5, 0.6) is 11.5 Å². The lowest BCUT2D eigenvalue weighted by atomic mass is 10.1. The van der Waals surface area contributed by atoms with Crippen LogP contribution in [0.1, 0.15) is 12.0 Å². The van der Waals surface area contributed by atoms with E-state index in [1.54, 1.807) is 6.08 Å². The first kappa shape index (κ1) is 17.8. The van der Waals surface area contributed by atoms with Gasteiger partial charge in [0.25, 0.3) is 0 Å². The molecule has 0 unspecified atom stereocenters. The number of ether oxygens (including phenoxy) is 2. The molecule has 2 heterocycles. The Hall–Kier alpha value is -1.56. The van der Waals surface area contributed by atoms with E-state index in [1.807, 2.05) is 24.3 Å². The molecule has 0 spiro atoms. The summed E-state index contributed by atoms with van der Waals surface area (Å²) < 4.78 is 10.6. The van der Waals surface area contributed by atoms with Crippen LogP contribution < -0.4 is 9.47 Å². The van der Waals surface area contributed by atoms with Crippen molar-refractivity contribution in [2.75, 3.05) is 46.6 Å². The SMILES string of the molecule is CN1CCN(CCC(=O)C=Cc2ccc3c(c2)OCO3)CC1.Cl. The molecule has 0 N–H and O–H groups in total. The van der Waals surface area contributed by atoms with Crippen LogP contribution in [0, 0.1) is 0 Å². The summed E-state index contributed by atoms with van der Waals surface area (Å²) in [7, 11) is 2.14. The van der Waals surface area contributed by atoms with Crippen LogP contribution in [-0.2, 0) is 4.79 Å². The Balaban J connectivity index is 0.00000192. The number of likely N-dealkylation sites (N-methyl/N-ethyl adjacent to an activating group) is 1. The van der Waals surface area contributed by atoms with Gasteiger partial charge in [-0.15, -0.1) is 12.4 Å². The van der Waals surface area contributed by atoms with Gasteiger partial charge in [0.2, 0.25) is 6.79 Å². The molecule has 3 rings (SSSR count). The Bertz CT molecular complexity index is 569. The summed E-state index contributed by atoms with van der Waals surface area (Å²) in [5.41, 5.74) is 0.956. The molecular weight excluding hydrogens is 316 g/mol. The van der Waals surface area contributed by atoms with Gasteiger partial charge in [0.15, 0.2) is 17.3 Å². The van der Waals surface area contributed by atoms with Crippen LogP contribution in [0.4, 0.5) is 0 Å². The lowest BCUT2D eigenvalue weighted by molar-refractivity contribution is -0.114. The fraction of sp³-hybridized carbons (Fsp3) is 0.471. The maximum atomic E-state index is 12.0. The number of benzene rings is 1. The minimum atomic E-state index is 0. The van der Waals surface area contributed by atoms with Crippen molar-refractivity contribution in [3.05, 3.63) is 29.8 Å². The van der Waals surface area contributed by atoms with Gasteiger partial charge < -0.3 is 19.3 Å². The molecular formula is C17H23ClN2O3. The van der Waals surface area contributed by atoms with Gasteiger partial charge in [-0.3, -0.25) is 4.79 Å². The Morgan fingerprint density at radius 2 is 1.91 bits per heavy atom. The van der Waals surface area contributed by atoms with Crippen molar-refractivity contribution >= 4 is 24.3 Å². The number of rotatable bonds is 5. The Morgan fingerprint density at radius 3 is 2.70 bits per heavy atom. The van der Waals surface area contributed by atoms with E-state index >= 15 is 0 Å². The van der Waals surface area contributed by atoms with E-state index in [1.165, 1.54) is 0 Å². The Kier molecular flexibility index (Phi) is 6.45. The zero-order valence-electron chi connectivity index (χ0n) is 13.4. The normalized spacial score (nSPS) is 18.1. The maximum absolute atomic E-state index is 12.0. The van der Waals surface area contributed by atoms with Gasteiger partial charge in [-0.1, -0.05) is 12.1 Å². The second-order valence-corrected chi connectivity index (χ2v) is 5.81.